The van der Waals surface area contributed by atoms with E-state index in [1.807, 2.05) is 44.4 Å². The Balaban J connectivity index is 2.27. The predicted octanol–water partition coefficient (Wildman–Crippen LogP) is 3.72. The van der Waals surface area contributed by atoms with Crippen LogP contribution >= 0.6 is 11.3 Å². The van der Waals surface area contributed by atoms with Gasteiger partial charge in [0.2, 0.25) is 0 Å². The van der Waals surface area contributed by atoms with Crippen LogP contribution in [0.4, 0.5) is 0 Å². The number of aliphatic hydroxyl groups is 2. The van der Waals surface area contributed by atoms with Gasteiger partial charge >= 0.3 is 5.97 Å². The molecule has 33 heavy (non-hydrogen) atoms. The Morgan fingerprint density at radius 1 is 1.24 bits per heavy atom. The van der Waals surface area contributed by atoms with Crippen molar-refractivity contribution in [3.8, 4) is 0 Å². The summed E-state index contributed by atoms with van der Waals surface area (Å²) in [6, 6.07) is 0. The number of aliphatic hydroxyl groups excluding tert-OH is 2. The van der Waals surface area contributed by atoms with Crippen molar-refractivity contribution in [1.82, 2.24) is 4.98 Å². The quantitative estimate of drug-likeness (QED) is 0.492. The number of carbonyl (C=O) groups excluding carboxylic acids is 2. The minimum Gasteiger partial charge on any atom is -0.457 e. The van der Waals surface area contributed by atoms with Crippen LogP contribution in [0.15, 0.2) is 23.1 Å². The standard InChI is InChI=1S/C25H37NO6S/c1-15(11-19-14-33-18(4)26-19)20-9-7-8-10-31-13-16(2)23(29)17(3)24(30)25(5,6)21(27)12-22(28)32-20/h7-8,11,14,16-17,20-21,23,27,29H,9-10,12-13H2,1-6H3/b8-7-,15-11+/t16-,17+,20?,21-,23+/m0/s1. The van der Waals surface area contributed by atoms with Crippen molar-refractivity contribution in [2.24, 2.45) is 17.3 Å². The van der Waals surface area contributed by atoms with Gasteiger partial charge in [0.1, 0.15) is 11.9 Å². The van der Waals surface area contributed by atoms with Gasteiger partial charge in [-0.25, -0.2) is 4.98 Å². The molecule has 0 saturated carbocycles. The van der Waals surface area contributed by atoms with Crippen LogP contribution in [0, 0.1) is 24.2 Å². The van der Waals surface area contributed by atoms with Crippen molar-refractivity contribution < 1.29 is 29.3 Å². The second-order valence-electron chi connectivity index (χ2n) is 9.47. The van der Waals surface area contributed by atoms with Gasteiger partial charge in [-0.2, -0.15) is 0 Å². The van der Waals surface area contributed by atoms with Crippen LogP contribution in [0.2, 0.25) is 0 Å². The van der Waals surface area contributed by atoms with Crippen molar-refractivity contribution in [2.75, 3.05) is 13.2 Å². The zero-order valence-electron chi connectivity index (χ0n) is 20.4. The van der Waals surface area contributed by atoms with E-state index >= 15 is 0 Å². The van der Waals surface area contributed by atoms with Crippen molar-refractivity contribution in [1.29, 1.82) is 0 Å². The van der Waals surface area contributed by atoms with Crippen LogP contribution < -0.4 is 0 Å². The molecule has 0 amide bonds. The number of ether oxygens (including phenoxy) is 2. The molecular formula is C25H37NO6S. The zero-order valence-corrected chi connectivity index (χ0v) is 21.2. The lowest BCUT2D eigenvalue weighted by molar-refractivity contribution is -0.154. The summed E-state index contributed by atoms with van der Waals surface area (Å²) in [6.45, 7) is 11.1. The molecule has 0 aromatic carbocycles. The molecule has 8 heteroatoms. The molecule has 2 N–H and O–H groups in total. The fourth-order valence-electron chi connectivity index (χ4n) is 3.83. The SMILES string of the molecule is C/C(=C\c1csc(C)n1)C1C/C=C\COC[C@H](C)[C@@H](O)[C@@H](C)C(=O)C(C)(C)[C@@H](O)CC(=O)O1. The summed E-state index contributed by atoms with van der Waals surface area (Å²) in [7, 11) is 0. The number of thiazole rings is 1. The molecule has 184 valence electrons. The van der Waals surface area contributed by atoms with Crippen molar-refractivity contribution in [3.05, 3.63) is 33.8 Å². The molecule has 1 aliphatic heterocycles. The number of hydrogen-bond acceptors (Lipinski definition) is 8. The van der Waals surface area contributed by atoms with Crippen LogP contribution in [-0.4, -0.2) is 58.5 Å². The van der Waals surface area contributed by atoms with Crippen LogP contribution in [0.5, 0.6) is 0 Å². The maximum atomic E-state index is 13.1. The van der Waals surface area contributed by atoms with Crippen molar-refractivity contribution >= 4 is 29.2 Å². The van der Waals surface area contributed by atoms with Gasteiger partial charge in [0.05, 0.1) is 48.0 Å². The zero-order chi connectivity index (χ0) is 24.8. The van der Waals surface area contributed by atoms with Gasteiger partial charge in [0, 0.05) is 23.6 Å². The number of aryl methyl sites for hydroxylation is 1. The molecule has 1 unspecified atom stereocenters. The average molecular weight is 480 g/mol. The van der Waals surface area contributed by atoms with Crippen LogP contribution in [-0.2, 0) is 19.1 Å². The van der Waals surface area contributed by atoms with E-state index < -0.39 is 35.6 Å². The van der Waals surface area contributed by atoms with Gasteiger partial charge in [-0.1, -0.05) is 39.8 Å². The molecule has 1 aliphatic rings. The molecule has 0 bridgehead atoms. The maximum absolute atomic E-state index is 13.1. The molecule has 5 atom stereocenters. The summed E-state index contributed by atoms with van der Waals surface area (Å²) in [5.41, 5.74) is 0.407. The van der Waals surface area contributed by atoms with Gasteiger partial charge in [-0.15, -0.1) is 11.3 Å². The number of ketones is 1. The van der Waals surface area contributed by atoms with E-state index in [9.17, 15) is 19.8 Å². The third-order valence-electron chi connectivity index (χ3n) is 6.24. The van der Waals surface area contributed by atoms with Crippen LogP contribution in [0.3, 0.4) is 0 Å². The fraction of sp³-hybridized carbons (Fsp3) is 0.640. The first-order chi connectivity index (χ1) is 15.4. The summed E-state index contributed by atoms with van der Waals surface area (Å²) in [4.78, 5) is 30.2. The second-order valence-corrected chi connectivity index (χ2v) is 10.5. The Hall–Kier alpha value is -1.87. The molecule has 0 fully saturated rings. The number of hydrogen-bond donors (Lipinski definition) is 2. The number of carbonyl (C=O) groups is 2. The Kier molecular flexibility index (Phi) is 9.97. The summed E-state index contributed by atoms with van der Waals surface area (Å²) in [6.07, 6.45) is 3.05. The fourth-order valence-corrected chi connectivity index (χ4v) is 4.40. The Morgan fingerprint density at radius 2 is 1.94 bits per heavy atom. The molecule has 7 nitrogen and oxygen atoms in total. The number of rotatable bonds is 2. The second kappa shape index (κ2) is 12.0. The maximum Gasteiger partial charge on any atom is 0.309 e. The molecule has 2 rings (SSSR count). The molecular weight excluding hydrogens is 442 g/mol. The highest BCUT2D eigenvalue weighted by atomic mass is 32.1. The van der Waals surface area contributed by atoms with E-state index in [-0.39, 0.29) is 18.1 Å². The third kappa shape index (κ3) is 7.57. The number of Topliss-reactive ketones (excluding diaryl/α,β-unsaturated/α-hetero) is 1. The van der Waals surface area contributed by atoms with Crippen molar-refractivity contribution in [2.45, 2.75) is 72.7 Å². The third-order valence-corrected chi connectivity index (χ3v) is 7.03. The summed E-state index contributed by atoms with van der Waals surface area (Å²) < 4.78 is 11.4. The Bertz CT molecular complexity index is 874. The van der Waals surface area contributed by atoms with Crippen LogP contribution in [0.1, 0.15) is 58.2 Å². The number of cyclic esters (lactones) is 1. The molecule has 1 aromatic heterocycles. The lowest BCUT2D eigenvalue weighted by Crippen LogP contribution is -2.46. The first kappa shape index (κ1) is 27.4. The molecule has 1 aromatic rings. The summed E-state index contributed by atoms with van der Waals surface area (Å²) in [5, 5.41) is 24.3. The van der Waals surface area contributed by atoms with Gasteiger partial charge in [-0.05, 0) is 25.5 Å². The minimum absolute atomic E-state index is 0.261. The highest BCUT2D eigenvalue weighted by Gasteiger charge is 2.42. The average Bonchev–Trinajstić information content (AvgIpc) is 3.16. The van der Waals surface area contributed by atoms with Gasteiger partial charge in [0.15, 0.2) is 0 Å². The van der Waals surface area contributed by atoms with E-state index in [4.69, 9.17) is 9.47 Å². The smallest absolute Gasteiger partial charge is 0.309 e. The molecule has 2 heterocycles. The van der Waals surface area contributed by atoms with Gasteiger partial charge < -0.3 is 19.7 Å². The van der Waals surface area contributed by atoms with Crippen molar-refractivity contribution in [3.63, 3.8) is 0 Å². The first-order valence-corrected chi connectivity index (χ1v) is 12.2. The van der Waals surface area contributed by atoms with E-state index in [0.29, 0.717) is 19.6 Å². The van der Waals surface area contributed by atoms with Crippen LogP contribution in [0.25, 0.3) is 6.08 Å². The monoisotopic (exact) mass is 479 g/mol. The Labute approximate surface area is 200 Å². The molecule has 0 saturated heterocycles. The predicted molar refractivity (Wildman–Crippen MR) is 129 cm³/mol. The van der Waals surface area contributed by atoms with E-state index in [2.05, 4.69) is 4.98 Å². The largest absolute Gasteiger partial charge is 0.457 e. The Morgan fingerprint density at radius 3 is 2.58 bits per heavy atom. The normalized spacial score (nSPS) is 31.8. The summed E-state index contributed by atoms with van der Waals surface area (Å²) >= 11 is 1.54. The number of esters is 1. The topological polar surface area (TPSA) is 106 Å². The number of nitrogens with zero attached hydrogens (tertiary/aromatic N) is 1. The van der Waals surface area contributed by atoms with E-state index in [1.54, 1.807) is 32.1 Å². The highest BCUT2D eigenvalue weighted by Crippen LogP contribution is 2.31. The molecule has 0 radical (unpaired) electrons. The first-order valence-electron chi connectivity index (χ1n) is 11.4. The lowest BCUT2D eigenvalue weighted by Gasteiger charge is -2.34. The van der Waals surface area contributed by atoms with Gasteiger partial charge in [-0.3, -0.25) is 9.59 Å². The lowest BCUT2D eigenvalue weighted by atomic mass is 9.73. The molecule has 0 spiro atoms. The van der Waals surface area contributed by atoms with Gasteiger partial charge in [0.25, 0.3) is 0 Å². The number of aromatic nitrogens is 1. The van der Waals surface area contributed by atoms with E-state index in [0.717, 1.165) is 16.3 Å². The van der Waals surface area contributed by atoms with E-state index in [1.165, 1.54) is 0 Å². The molecule has 0 aliphatic carbocycles. The minimum atomic E-state index is -1.24. The highest BCUT2D eigenvalue weighted by molar-refractivity contribution is 7.09. The summed E-state index contributed by atoms with van der Waals surface area (Å²) in [5.74, 6) is -1.87.